The third kappa shape index (κ3) is 1.66. The summed E-state index contributed by atoms with van der Waals surface area (Å²) in [4.78, 5) is 4.27. The summed E-state index contributed by atoms with van der Waals surface area (Å²) in [6, 6.07) is 9.23. The fourth-order valence-electron chi connectivity index (χ4n) is 1.71. The zero-order valence-corrected chi connectivity index (χ0v) is 9.75. The van der Waals surface area contributed by atoms with E-state index in [1.165, 1.54) is 0 Å². The maximum Gasteiger partial charge on any atom is 0.260 e. The molecule has 0 fully saturated rings. The molecule has 0 saturated heterocycles. The molecule has 0 aliphatic carbocycles. The number of para-hydroxylation sites is 1. The first-order valence-electron chi connectivity index (χ1n) is 5.49. The van der Waals surface area contributed by atoms with Crippen molar-refractivity contribution in [3.8, 4) is 23.0 Å². The lowest BCUT2D eigenvalue weighted by Crippen LogP contribution is -1.93. The maximum absolute atomic E-state index is 5.99. The van der Waals surface area contributed by atoms with Crippen LogP contribution in [0.5, 0.6) is 0 Å². The highest BCUT2D eigenvalue weighted by molar-refractivity contribution is 5.73. The monoisotopic (exact) mass is 241 g/mol. The van der Waals surface area contributed by atoms with Crippen LogP contribution < -0.4 is 5.73 Å². The minimum Gasteiger partial charge on any atom is -0.461 e. The van der Waals surface area contributed by atoms with Gasteiger partial charge in [0.15, 0.2) is 5.76 Å². The van der Waals surface area contributed by atoms with Crippen molar-refractivity contribution in [3.05, 3.63) is 42.2 Å². The van der Waals surface area contributed by atoms with Gasteiger partial charge in [-0.2, -0.15) is 4.98 Å². The first-order valence-corrected chi connectivity index (χ1v) is 5.49. The summed E-state index contributed by atoms with van der Waals surface area (Å²) >= 11 is 0. The molecule has 5 nitrogen and oxygen atoms in total. The summed E-state index contributed by atoms with van der Waals surface area (Å²) in [6.07, 6.45) is 1.56. The fourth-order valence-corrected chi connectivity index (χ4v) is 1.71. The van der Waals surface area contributed by atoms with Crippen LogP contribution in [0.2, 0.25) is 0 Å². The average Bonchev–Trinajstić information content (AvgIpc) is 3.01. The average molecular weight is 241 g/mol. The molecular formula is C13H11N3O2. The van der Waals surface area contributed by atoms with E-state index in [0.717, 1.165) is 11.1 Å². The van der Waals surface area contributed by atoms with E-state index in [2.05, 4.69) is 10.1 Å². The normalized spacial score (nSPS) is 10.7. The summed E-state index contributed by atoms with van der Waals surface area (Å²) in [5.74, 6) is 1.37. The summed E-state index contributed by atoms with van der Waals surface area (Å²) in [5, 5.41) is 3.87. The number of benzene rings is 1. The largest absolute Gasteiger partial charge is 0.461 e. The number of anilines is 1. The van der Waals surface area contributed by atoms with Gasteiger partial charge >= 0.3 is 0 Å². The quantitative estimate of drug-likeness (QED) is 0.698. The second-order valence-corrected chi connectivity index (χ2v) is 3.94. The number of hydrogen-bond acceptors (Lipinski definition) is 5. The van der Waals surface area contributed by atoms with Crippen LogP contribution in [0.15, 0.2) is 45.5 Å². The van der Waals surface area contributed by atoms with Crippen LogP contribution in [0.4, 0.5) is 5.69 Å². The van der Waals surface area contributed by atoms with Gasteiger partial charge < -0.3 is 14.7 Å². The Balaban J connectivity index is 2.06. The van der Waals surface area contributed by atoms with Crippen LogP contribution in [0.25, 0.3) is 23.0 Å². The molecule has 2 heterocycles. The van der Waals surface area contributed by atoms with E-state index in [0.29, 0.717) is 23.2 Å². The summed E-state index contributed by atoms with van der Waals surface area (Å²) in [5.41, 5.74) is 8.35. The molecule has 0 spiro atoms. The van der Waals surface area contributed by atoms with Crippen molar-refractivity contribution in [2.45, 2.75) is 6.92 Å². The highest BCUT2D eigenvalue weighted by Crippen LogP contribution is 2.28. The van der Waals surface area contributed by atoms with E-state index in [1.807, 2.05) is 25.1 Å². The van der Waals surface area contributed by atoms with Gasteiger partial charge in [-0.15, -0.1) is 0 Å². The van der Waals surface area contributed by atoms with E-state index in [4.69, 9.17) is 14.7 Å². The molecule has 0 unspecified atom stereocenters. The Morgan fingerprint density at radius 1 is 1.17 bits per heavy atom. The van der Waals surface area contributed by atoms with Crippen LogP contribution in [0, 0.1) is 6.92 Å². The van der Waals surface area contributed by atoms with Crippen LogP contribution in [0.3, 0.4) is 0 Å². The molecule has 3 rings (SSSR count). The molecule has 18 heavy (non-hydrogen) atoms. The summed E-state index contributed by atoms with van der Waals surface area (Å²) in [6.45, 7) is 1.93. The molecule has 0 bridgehead atoms. The lowest BCUT2D eigenvalue weighted by molar-refractivity contribution is 0.429. The fraction of sp³-hybridized carbons (Fsp3) is 0.0769. The minimum absolute atomic E-state index is 0.391. The number of nitrogens with two attached hydrogens (primary N) is 1. The van der Waals surface area contributed by atoms with Gasteiger partial charge in [0.1, 0.15) is 0 Å². The van der Waals surface area contributed by atoms with Crippen molar-refractivity contribution in [1.82, 2.24) is 10.1 Å². The standard InChI is InChI=1S/C13H11N3O2/c1-8-4-2-5-9(11(8)14)13-15-12(16-18-13)10-6-3-7-17-10/h2-7H,14H2,1H3. The Kier molecular flexibility index (Phi) is 2.37. The Labute approximate surface area is 103 Å². The summed E-state index contributed by atoms with van der Waals surface area (Å²) < 4.78 is 10.4. The first kappa shape index (κ1) is 10.6. The molecule has 5 heteroatoms. The topological polar surface area (TPSA) is 78.1 Å². The smallest absolute Gasteiger partial charge is 0.260 e. The number of nitrogen functional groups attached to an aromatic ring is 1. The van der Waals surface area contributed by atoms with Crippen LogP contribution in [-0.2, 0) is 0 Å². The lowest BCUT2D eigenvalue weighted by Gasteiger charge is -2.02. The number of furan rings is 1. The number of aryl methyl sites for hydroxylation is 1. The highest BCUT2D eigenvalue weighted by Gasteiger charge is 2.14. The molecule has 0 saturated carbocycles. The van der Waals surface area contributed by atoms with E-state index < -0.39 is 0 Å². The molecule has 3 aromatic rings. The van der Waals surface area contributed by atoms with Crippen molar-refractivity contribution in [1.29, 1.82) is 0 Å². The van der Waals surface area contributed by atoms with Gasteiger partial charge in [-0.1, -0.05) is 17.3 Å². The second-order valence-electron chi connectivity index (χ2n) is 3.94. The molecule has 0 aliphatic rings. The number of nitrogens with zero attached hydrogens (tertiary/aromatic N) is 2. The maximum atomic E-state index is 5.99. The summed E-state index contributed by atoms with van der Waals surface area (Å²) in [7, 11) is 0. The third-order valence-corrected chi connectivity index (χ3v) is 2.72. The molecule has 0 atom stereocenters. The Morgan fingerprint density at radius 3 is 2.83 bits per heavy atom. The van der Waals surface area contributed by atoms with Gasteiger partial charge in [-0.25, -0.2) is 0 Å². The number of rotatable bonds is 2. The van der Waals surface area contributed by atoms with Crippen molar-refractivity contribution in [2.75, 3.05) is 5.73 Å². The van der Waals surface area contributed by atoms with Crippen LogP contribution in [-0.4, -0.2) is 10.1 Å². The van der Waals surface area contributed by atoms with Crippen molar-refractivity contribution >= 4 is 5.69 Å². The number of hydrogen-bond donors (Lipinski definition) is 1. The van der Waals surface area contributed by atoms with Crippen molar-refractivity contribution in [3.63, 3.8) is 0 Å². The van der Waals surface area contributed by atoms with Gasteiger partial charge in [0.25, 0.3) is 5.89 Å². The molecular weight excluding hydrogens is 230 g/mol. The van der Waals surface area contributed by atoms with Crippen molar-refractivity contribution in [2.24, 2.45) is 0 Å². The minimum atomic E-state index is 0.391. The van der Waals surface area contributed by atoms with E-state index in [9.17, 15) is 0 Å². The molecule has 0 radical (unpaired) electrons. The lowest BCUT2D eigenvalue weighted by atomic mass is 10.1. The van der Waals surface area contributed by atoms with E-state index in [-0.39, 0.29) is 0 Å². The molecule has 0 aliphatic heterocycles. The van der Waals surface area contributed by atoms with Gasteiger partial charge in [0.2, 0.25) is 5.82 Å². The zero-order chi connectivity index (χ0) is 12.5. The predicted molar refractivity (Wildman–Crippen MR) is 66.6 cm³/mol. The molecule has 0 amide bonds. The van der Waals surface area contributed by atoms with E-state index >= 15 is 0 Å². The zero-order valence-electron chi connectivity index (χ0n) is 9.75. The first-order chi connectivity index (χ1) is 8.75. The molecule has 90 valence electrons. The van der Waals surface area contributed by atoms with Gasteiger partial charge in [-0.05, 0) is 30.7 Å². The third-order valence-electron chi connectivity index (χ3n) is 2.72. The molecule has 2 N–H and O–H groups in total. The SMILES string of the molecule is Cc1cccc(-c2nc(-c3ccco3)no2)c1N. The van der Waals surface area contributed by atoms with Crippen LogP contribution in [0.1, 0.15) is 5.56 Å². The molecule has 2 aromatic heterocycles. The van der Waals surface area contributed by atoms with E-state index in [1.54, 1.807) is 18.4 Å². The van der Waals surface area contributed by atoms with Gasteiger partial charge in [0, 0.05) is 5.69 Å². The van der Waals surface area contributed by atoms with Gasteiger partial charge in [0.05, 0.1) is 11.8 Å². The van der Waals surface area contributed by atoms with Crippen molar-refractivity contribution < 1.29 is 8.94 Å². The van der Waals surface area contributed by atoms with Crippen LogP contribution >= 0.6 is 0 Å². The number of aromatic nitrogens is 2. The molecule has 1 aromatic carbocycles. The Hall–Kier alpha value is -2.56. The van der Waals surface area contributed by atoms with Gasteiger partial charge in [-0.3, -0.25) is 0 Å². The Morgan fingerprint density at radius 2 is 2.06 bits per heavy atom. The Bertz CT molecular complexity index is 671. The predicted octanol–water partition coefficient (Wildman–Crippen LogP) is 2.89. The second kappa shape index (κ2) is 4.03. The highest BCUT2D eigenvalue weighted by atomic mass is 16.5.